The summed E-state index contributed by atoms with van der Waals surface area (Å²) in [5.74, 6) is -1.03. The fourth-order valence-electron chi connectivity index (χ4n) is 1.23. The van der Waals surface area contributed by atoms with Gasteiger partial charge in [-0.2, -0.15) is 0 Å². The first-order chi connectivity index (χ1) is 8.09. The van der Waals surface area contributed by atoms with E-state index in [2.05, 4.69) is 0 Å². The maximum absolute atomic E-state index is 11.7. The van der Waals surface area contributed by atoms with Crippen molar-refractivity contribution in [3.63, 3.8) is 0 Å². The van der Waals surface area contributed by atoms with Gasteiger partial charge in [-0.15, -0.1) is 0 Å². The van der Waals surface area contributed by atoms with Crippen LogP contribution in [0.15, 0.2) is 18.2 Å². The van der Waals surface area contributed by atoms with E-state index in [1.165, 1.54) is 12.1 Å². The first kappa shape index (κ1) is 15.8. The predicted molar refractivity (Wildman–Crippen MR) is 73.7 cm³/mol. The summed E-state index contributed by atoms with van der Waals surface area (Å²) in [6.45, 7) is 0. The molecule has 0 amide bonds. The van der Waals surface area contributed by atoms with Crippen LogP contribution in [-0.4, -0.2) is 34.6 Å². The minimum atomic E-state index is -3.48. The van der Waals surface area contributed by atoms with E-state index in [1.54, 1.807) is 6.07 Å². The topological polar surface area (TPSA) is 68.3 Å². The molecule has 0 unspecified atom stereocenters. The monoisotopic (exact) mass is 330 g/mol. The van der Waals surface area contributed by atoms with Crippen molar-refractivity contribution in [1.29, 1.82) is 0 Å². The summed E-state index contributed by atoms with van der Waals surface area (Å²) in [5, 5.41) is 0.612. The molecule has 0 N–H and O–H groups in total. The van der Waals surface area contributed by atoms with Crippen LogP contribution in [-0.2, 0) is 25.4 Å². The Morgan fingerprint density at radius 3 is 2.11 bits per heavy atom. The maximum atomic E-state index is 11.7. The lowest BCUT2D eigenvalue weighted by molar-refractivity contribution is 0.589. The van der Waals surface area contributed by atoms with E-state index in [1.807, 2.05) is 0 Å². The molecular weight excluding hydrogens is 319 g/mol. The van der Waals surface area contributed by atoms with Crippen LogP contribution in [0.3, 0.4) is 0 Å². The molecule has 0 saturated carbocycles. The lowest BCUT2D eigenvalue weighted by Gasteiger charge is -2.05. The first-order valence-electron chi connectivity index (χ1n) is 4.91. The summed E-state index contributed by atoms with van der Waals surface area (Å²) in [4.78, 5) is 0. The second-order valence-electron chi connectivity index (χ2n) is 3.97. The van der Waals surface area contributed by atoms with Gasteiger partial charge in [0.15, 0.2) is 9.84 Å². The summed E-state index contributed by atoms with van der Waals surface area (Å²) in [5.41, 5.74) is 0.484. The highest BCUT2D eigenvalue weighted by Crippen LogP contribution is 2.23. The zero-order valence-corrected chi connectivity index (χ0v) is 12.7. The van der Waals surface area contributed by atoms with Gasteiger partial charge in [0.2, 0.25) is 0 Å². The molecule has 1 aromatic carbocycles. The summed E-state index contributed by atoms with van der Waals surface area (Å²) in [6.07, 6.45) is 1.00. The lowest BCUT2D eigenvalue weighted by atomic mass is 10.2. The van der Waals surface area contributed by atoms with Gasteiger partial charge in [-0.05, 0) is 17.7 Å². The zero-order chi connectivity index (χ0) is 14.0. The van der Waals surface area contributed by atoms with Gasteiger partial charge >= 0.3 is 0 Å². The van der Waals surface area contributed by atoms with Crippen LogP contribution >= 0.6 is 23.2 Å². The second kappa shape index (κ2) is 5.77. The van der Waals surface area contributed by atoms with Gasteiger partial charge in [-0.3, -0.25) is 0 Å². The van der Waals surface area contributed by atoms with Gasteiger partial charge in [-0.1, -0.05) is 29.3 Å². The Bertz CT molecular complexity index is 636. The number of halogens is 2. The molecule has 0 aromatic heterocycles. The molecule has 1 rings (SSSR count). The van der Waals surface area contributed by atoms with E-state index in [9.17, 15) is 16.8 Å². The smallest absolute Gasteiger partial charge is 0.155 e. The molecule has 8 heteroatoms. The number of sulfone groups is 2. The second-order valence-corrected chi connectivity index (χ2v) is 9.23. The molecule has 0 fully saturated rings. The molecule has 0 aliphatic rings. The van der Waals surface area contributed by atoms with Gasteiger partial charge in [0, 0.05) is 6.26 Å². The van der Waals surface area contributed by atoms with Crippen LogP contribution < -0.4 is 0 Å². The van der Waals surface area contributed by atoms with Crippen molar-refractivity contribution in [1.82, 2.24) is 0 Å². The van der Waals surface area contributed by atoms with Crippen molar-refractivity contribution in [2.75, 3.05) is 17.8 Å². The van der Waals surface area contributed by atoms with Gasteiger partial charge in [0.25, 0.3) is 0 Å². The molecule has 18 heavy (non-hydrogen) atoms. The minimum Gasteiger partial charge on any atom is -0.229 e. The van der Waals surface area contributed by atoms with Crippen molar-refractivity contribution in [2.45, 2.75) is 5.75 Å². The zero-order valence-electron chi connectivity index (χ0n) is 9.56. The largest absolute Gasteiger partial charge is 0.229 e. The molecule has 0 spiro atoms. The van der Waals surface area contributed by atoms with E-state index >= 15 is 0 Å². The van der Waals surface area contributed by atoms with Gasteiger partial charge in [0.1, 0.15) is 9.84 Å². The molecule has 102 valence electrons. The Labute approximate surface area is 117 Å². The van der Waals surface area contributed by atoms with Crippen molar-refractivity contribution in [2.24, 2.45) is 0 Å². The third kappa shape index (κ3) is 5.56. The molecular formula is C10H12Cl2O4S2. The lowest BCUT2D eigenvalue weighted by Crippen LogP contribution is -2.17. The highest BCUT2D eigenvalue weighted by Gasteiger charge is 2.16. The third-order valence-electron chi connectivity index (χ3n) is 2.14. The van der Waals surface area contributed by atoms with E-state index in [-0.39, 0.29) is 16.5 Å². The number of hydrogen-bond acceptors (Lipinski definition) is 4. The van der Waals surface area contributed by atoms with E-state index < -0.39 is 25.4 Å². The molecule has 0 aliphatic carbocycles. The quantitative estimate of drug-likeness (QED) is 0.827. The molecule has 0 bridgehead atoms. The minimum absolute atomic E-state index is 0.251. The van der Waals surface area contributed by atoms with Crippen LogP contribution in [0.2, 0.25) is 10.0 Å². The van der Waals surface area contributed by atoms with Crippen molar-refractivity contribution >= 4 is 42.9 Å². The Morgan fingerprint density at radius 1 is 1.00 bits per heavy atom. The van der Waals surface area contributed by atoms with Gasteiger partial charge in [0.05, 0.1) is 27.3 Å². The summed E-state index contributed by atoms with van der Waals surface area (Å²) in [6, 6.07) is 4.51. The number of benzene rings is 1. The first-order valence-corrected chi connectivity index (χ1v) is 9.55. The fourth-order valence-corrected chi connectivity index (χ4v) is 4.61. The highest BCUT2D eigenvalue weighted by atomic mass is 35.5. The van der Waals surface area contributed by atoms with Crippen molar-refractivity contribution in [3.8, 4) is 0 Å². The van der Waals surface area contributed by atoms with Crippen molar-refractivity contribution < 1.29 is 16.8 Å². The Kier molecular flexibility index (Phi) is 5.05. The summed E-state index contributed by atoms with van der Waals surface area (Å²) < 4.78 is 45.3. The van der Waals surface area contributed by atoms with Gasteiger partial charge in [-0.25, -0.2) is 16.8 Å². The average Bonchev–Trinajstić information content (AvgIpc) is 2.20. The molecule has 4 nitrogen and oxygen atoms in total. The van der Waals surface area contributed by atoms with Crippen LogP contribution in [0.4, 0.5) is 0 Å². The molecule has 0 aliphatic heterocycles. The van der Waals surface area contributed by atoms with Crippen LogP contribution in [0, 0.1) is 0 Å². The van der Waals surface area contributed by atoms with E-state index in [0.29, 0.717) is 10.6 Å². The summed E-state index contributed by atoms with van der Waals surface area (Å²) in [7, 11) is -6.77. The number of hydrogen-bond donors (Lipinski definition) is 0. The van der Waals surface area contributed by atoms with E-state index in [4.69, 9.17) is 23.2 Å². The maximum Gasteiger partial charge on any atom is 0.155 e. The third-order valence-corrected chi connectivity index (χ3v) is 5.68. The summed E-state index contributed by atoms with van der Waals surface area (Å²) >= 11 is 11.5. The highest BCUT2D eigenvalue weighted by molar-refractivity contribution is 7.94. The standard InChI is InChI=1S/C10H12Cl2O4S2/c1-17(13,14)4-5-18(15,16)7-8-2-3-9(11)10(12)6-8/h2-3,6H,4-5,7H2,1H3. The predicted octanol–water partition coefficient (Wildman–Crippen LogP) is 1.95. The molecule has 0 atom stereocenters. The van der Waals surface area contributed by atoms with E-state index in [0.717, 1.165) is 6.26 Å². The molecule has 1 aromatic rings. The fraction of sp³-hybridized carbons (Fsp3) is 0.400. The normalized spacial score (nSPS) is 12.6. The SMILES string of the molecule is CS(=O)(=O)CCS(=O)(=O)Cc1ccc(Cl)c(Cl)c1. The Morgan fingerprint density at radius 2 is 1.61 bits per heavy atom. The van der Waals surface area contributed by atoms with Crippen LogP contribution in [0.5, 0.6) is 0 Å². The molecule has 0 saturated heterocycles. The van der Waals surface area contributed by atoms with Gasteiger partial charge < -0.3 is 0 Å². The van der Waals surface area contributed by atoms with Crippen LogP contribution in [0.25, 0.3) is 0 Å². The Balaban J connectivity index is 2.80. The Hall–Kier alpha value is -0.300. The molecule has 0 radical (unpaired) electrons. The molecule has 0 heterocycles. The number of rotatable bonds is 5. The average molecular weight is 331 g/mol. The van der Waals surface area contributed by atoms with Crippen molar-refractivity contribution in [3.05, 3.63) is 33.8 Å². The van der Waals surface area contributed by atoms with Crippen LogP contribution in [0.1, 0.15) is 5.56 Å².